The molecule has 3 aromatic rings. The van der Waals surface area contributed by atoms with Gasteiger partial charge in [-0.1, -0.05) is 6.07 Å². The quantitative estimate of drug-likeness (QED) is 0.455. The van der Waals surface area contributed by atoms with E-state index in [4.69, 9.17) is 15.2 Å². The molecule has 4 N–H and O–H groups in total. The Kier molecular flexibility index (Phi) is 5.03. The summed E-state index contributed by atoms with van der Waals surface area (Å²) in [5.74, 6) is -1.44. The third kappa shape index (κ3) is 3.57. The highest BCUT2D eigenvalue weighted by atomic mass is 16.5. The molecule has 7 heteroatoms. The molecule has 0 bridgehead atoms. The Morgan fingerprint density at radius 3 is 2.59 bits per heavy atom. The SMILES string of the molecule is COC(=O)CC(c1ccc(C(=O)O)cc1OC)c1c[nH]c2ccc(N)cc12. The number of hydrogen-bond acceptors (Lipinski definition) is 5. The van der Waals surface area contributed by atoms with Crippen LogP contribution in [0.1, 0.15) is 33.8 Å². The monoisotopic (exact) mass is 368 g/mol. The lowest BCUT2D eigenvalue weighted by atomic mass is 9.87. The normalized spacial score (nSPS) is 11.9. The van der Waals surface area contributed by atoms with E-state index >= 15 is 0 Å². The number of anilines is 1. The van der Waals surface area contributed by atoms with Crippen LogP contribution >= 0.6 is 0 Å². The summed E-state index contributed by atoms with van der Waals surface area (Å²) < 4.78 is 10.3. The molecule has 0 radical (unpaired) electrons. The van der Waals surface area contributed by atoms with Gasteiger partial charge in [-0.15, -0.1) is 0 Å². The zero-order valence-corrected chi connectivity index (χ0v) is 15.0. The molecular weight excluding hydrogens is 348 g/mol. The van der Waals surface area contributed by atoms with E-state index in [9.17, 15) is 14.7 Å². The van der Waals surface area contributed by atoms with Gasteiger partial charge in [-0.2, -0.15) is 0 Å². The lowest BCUT2D eigenvalue weighted by molar-refractivity contribution is -0.140. The molecule has 3 rings (SSSR count). The average Bonchev–Trinajstić information content (AvgIpc) is 3.08. The smallest absolute Gasteiger partial charge is 0.335 e. The summed E-state index contributed by atoms with van der Waals surface area (Å²) in [6, 6.07) is 10.1. The number of fused-ring (bicyclic) bond motifs is 1. The highest BCUT2D eigenvalue weighted by Crippen LogP contribution is 2.39. The van der Waals surface area contributed by atoms with Gasteiger partial charge in [0, 0.05) is 34.3 Å². The average molecular weight is 368 g/mol. The van der Waals surface area contributed by atoms with Crippen LogP contribution in [0.4, 0.5) is 5.69 Å². The Morgan fingerprint density at radius 2 is 1.93 bits per heavy atom. The number of carbonyl (C=O) groups is 2. The summed E-state index contributed by atoms with van der Waals surface area (Å²) in [5, 5.41) is 10.1. The molecule has 7 nitrogen and oxygen atoms in total. The van der Waals surface area contributed by atoms with Crippen molar-refractivity contribution in [3.8, 4) is 5.75 Å². The number of nitrogens with one attached hydrogen (secondary N) is 1. The fourth-order valence-corrected chi connectivity index (χ4v) is 3.22. The molecule has 0 saturated heterocycles. The van der Waals surface area contributed by atoms with Gasteiger partial charge in [0.25, 0.3) is 0 Å². The number of nitrogen functional groups attached to an aromatic ring is 1. The maximum absolute atomic E-state index is 12.1. The van der Waals surface area contributed by atoms with Crippen LogP contribution in [0.2, 0.25) is 0 Å². The number of aromatic amines is 1. The predicted molar refractivity (Wildman–Crippen MR) is 101 cm³/mol. The van der Waals surface area contributed by atoms with Crippen molar-refractivity contribution in [2.75, 3.05) is 20.0 Å². The molecule has 140 valence electrons. The minimum Gasteiger partial charge on any atom is -0.496 e. The zero-order valence-electron chi connectivity index (χ0n) is 15.0. The lowest BCUT2D eigenvalue weighted by Gasteiger charge is -2.19. The largest absolute Gasteiger partial charge is 0.496 e. The summed E-state index contributed by atoms with van der Waals surface area (Å²) in [7, 11) is 2.80. The van der Waals surface area contributed by atoms with E-state index in [1.807, 2.05) is 18.3 Å². The van der Waals surface area contributed by atoms with Crippen molar-refractivity contribution in [3.05, 3.63) is 59.3 Å². The van der Waals surface area contributed by atoms with Gasteiger partial charge in [0.2, 0.25) is 0 Å². The maximum atomic E-state index is 12.1. The van der Waals surface area contributed by atoms with E-state index in [-0.39, 0.29) is 18.0 Å². The number of ether oxygens (including phenoxy) is 2. The van der Waals surface area contributed by atoms with E-state index in [1.165, 1.54) is 26.4 Å². The maximum Gasteiger partial charge on any atom is 0.335 e. The number of esters is 1. The minimum atomic E-state index is -1.05. The predicted octanol–water partition coefficient (Wildman–Crippen LogP) is 3.15. The van der Waals surface area contributed by atoms with Gasteiger partial charge in [-0.25, -0.2) is 4.79 Å². The number of rotatable bonds is 6. The first-order chi connectivity index (χ1) is 12.9. The van der Waals surface area contributed by atoms with Gasteiger partial charge in [0.1, 0.15) is 5.75 Å². The van der Waals surface area contributed by atoms with Gasteiger partial charge in [-0.3, -0.25) is 4.79 Å². The first-order valence-corrected chi connectivity index (χ1v) is 8.29. The number of hydrogen-bond donors (Lipinski definition) is 3. The number of H-pyrrole nitrogens is 1. The van der Waals surface area contributed by atoms with Crippen molar-refractivity contribution in [1.29, 1.82) is 0 Å². The van der Waals surface area contributed by atoms with Crippen LogP contribution in [0.5, 0.6) is 5.75 Å². The van der Waals surface area contributed by atoms with Crippen molar-refractivity contribution >= 4 is 28.5 Å². The van der Waals surface area contributed by atoms with Crippen LogP contribution in [0.15, 0.2) is 42.6 Å². The highest BCUT2D eigenvalue weighted by molar-refractivity contribution is 5.89. The third-order valence-electron chi connectivity index (χ3n) is 4.57. The Bertz CT molecular complexity index is 1010. The molecule has 1 heterocycles. The number of nitrogens with two attached hydrogens (primary N) is 1. The third-order valence-corrected chi connectivity index (χ3v) is 4.57. The van der Waals surface area contributed by atoms with Crippen molar-refractivity contribution in [1.82, 2.24) is 4.98 Å². The second-order valence-electron chi connectivity index (χ2n) is 6.14. The first-order valence-electron chi connectivity index (χ1n) is 8.29. The van der Waals surface area contributed by atoms with E-state index in [0.29, 0.717) is 17.0 Å². The van der Waals surface area contributed by atoms with Crippen molar-refractivity contribution in [3.63, 3.8) is 0 Å². The minimum absolute atomic E-state index is 0.0705. The van der Waals surface area contributed by atoms with Gasteiger partial charge in [0.15, 0.2) is 0 Å². The highest BCUT2D eigenvalue weighted by Gasteiger charge is 2.25. The molecule has 0 aliphatic heterocycles. The van der Waals surface area contributed by atoms with E-state index in [0.717, 1.165) is 16.5 Å². The molecule has 1 unspecified atom stereocenters. The van der Waals surface area contributed by atoms with E-state index < -0.39 is 11.9 Å². The zero-order chi connectivity index (χ0) is 19.6. The Hall–Kier alpha value is -3.48. The van der Waals surface area contributed by atoms with Crippen LogP contribution in [0.25, 0.3) is 10.9 Å². The van der Waals surface area contributed by atoms with Crippen LogP contribution < -0.4 is 10.5 Å². The second kappa shape index (κ2) is 7.41. The molecule has 1 atom stereocenters. The second-order valence-corrected chi connectivity index (χ2v) is 6.14. The molecule has 0 fully saturated rings. The summed E-state index contributed by atoms with van der Waals surface area (Å²) in [5.41, 5.74) is 9.07. The molecule has 1 aromatic heterocycles. The van der Waals surface area contributed by atoms with Crippen LogP contribution in [-0.2, 0) is 9.53 Å². The molecule has 0 aliphatic rings. The number of benzene rings is 2. The van der Waals surface area contributed by atoms with Gasteiger partial charge in [0.05, 0.1) is 26.2 Å². The lowest BCUT2D eigenvalue weighted by Crippen LogP contribution is -2.11. The standard InChI is InChI=1S/C20H20N2O5/c1-26-18-7-11(20(24)25)3-5-13(18)14(9-19(23)27-2)16-10-22-17-6-4-12(21)8-15(16)17/h3-8,10,14,22H,9,21H2,1-2H3,(H,24,25). The van der Waals surface area contributed by atoms with Crippen LogP contribution in [0.3, 0.4) is 0 Å². The number of carboxylic acids is 1. The number of carbonyl (C=O) groups excluding carboxylic acids is 1. The topological polar surface area (TPSA) is 115 Å². The molecular formula is C20H20N2O5. The van der Waals surface area contributed by atoms with Gasteiger partial charge >= 0.3 is 11.9 Å². The summed E-state index contributed by atoms with van der Waals surface area (Å²) in [6.45, 7) is 0. The first kappa shape index (κ1) is 18.3. The number of methoxy groups -OCH3 is 2. The number of carboxylic acid groups (broad SMARTS) is 1. The molecule has 2 aromatic carbocycles. The summed E-state index contributed by atoms with van der Waals surface area (Å²) in [6.07, 6.45) is 1.89. The molecule has 0 spiro atoms. The van der Waals surface area contributed by atoms with Crippen molar-refractivity contribution in [2.45, 2.75) is 12.3 Å². The Labute approximate surface area is 155 Å². The molecule has 0 saturated carbocycles. The fraction of sp³-hybridized carbons (Fsp3) is 0.200. The summed E-state index contributed by atoms with van der Waals surface area (Å²) in [4.78, 5) is 26.5. The molecule has 27 heavy (non-hydrogen) atoms. The van der Waals surface area contributed by atoms with Crippen LogP contribution in [-0.4, -0.2) is 36.2 Å². The fourth-order valence-electron chi connectivity index (χ4n) is 3.22. The van der Waals surface area contributed by atoms with Crippen molar-refractivity contribution < 1.29 is 24.2 Å². The number of aromatic nitrogens is 1. The summed E-state index contributed by atoms with van der Waals surface area (Å²) >= 11 is 0. The van der Waals surface area contributed by atoms with Crippen molar-refractivity contribution in [2.24, 2.45) is 0 Å². The van der Waals surface area contributed by atoms with E-state index in [1.54, 1.807) is 12.1 Å². The van der Waals surface area contributed by atoms with E-state index in [2.05, 4.69) is 4.98 Å². The Balaban J connectivity index is 2.18. The Morgan fingerprint density at radius 1 is 1.15 bits per heavy atom. The van der Waals surface area contributed by atoms with Gasteiger partial charge < -0.3 is 25.3 Å². The molecule has 0 aliphatic carbocycles. The number of aromatic carboxylic acids is 1. The van der Waals surface area contributed by atoms with Gasteiger partial charge in [-0.05, 0) is 35.9 Å². The molecule has 0 amide bonds. The van der Waals surface area contributed by atoms with Crippen LogP contribution in [0, 0.1) is 0 Å².